The third-order valence-corrected chi connectivity index (χ3v) is 6.61. The van der Waals surface area contributed by atoms with Crippen molar-refractivity contribution in [2.24, 2.45) is 5.73 Å². The molecule has 1 saturated heterocycles. The second-order valence-corrected chi connectivity index (χ2v) is 9.64. The number of pyridine rings is 2. The third kappa shape index (κ3) is 6.25. The van der Waals surface area contributed by atoms with Crippen molar-refractivity contribution in [3.8, 4) is 22.3 Å². The van der Waals surface area contributed by atoms with Crippen molar-refractivity contribution in [1.82, 2.24) is 14.9 Å². The zero-order valence-electron chi connectivity index (χ0n) is 20.8. The molecular weight excluding hydrogens is 465 g/mol. The highest BCUT2D eigenvalue weighted by atomic mass is 19.1. The highest BCUT2D eigenvalue weighted by Gasteiger charge is 2.18. The zero-order chi connectivity index (χ0) is 25.8. The quantitative estimate of drug-likeness (QED) is 0.372. The number of likely N-dealkylation sites (tertiary alicyclic amines) is 1. The lowest BCUT2D eigenvalue weighted by molar-refractivity contribution is 0.102. The number of aromatic nitrogens is 2. The van der Waals surface area contributed by atoms with Crippen molar-refractivity contribution in [3.63, 3.8) is 0 Å². The Morgan fingerprint density at radius 3 is 2.57 bits per heavy atom. The molecule has 37 heavy (non-hydrogen) atoms. The minimum absolute atomic E-state index is 0.192. The van der Waals surface area contributed by atoms with E-state index in [1.165, 1.54) is 12.1 Å². The molecule has 1 atom stereocenters. The summed E-state index contributed by atoms with van der Waals surface area (Å²) in [5.74, 6) is -0.615. The molecule has 1 aliphatic heterocycles. The molecule has 0 saturated carbocycles. The van der Waals surface area contributed by atoms with Gasteiger partial charge in [0.25, 0.3) is 5.91 Å². The van der Waals surface area contributed by atoms with E-state index >= 15 is 0 Å². The van der Waals surface area contributed by atoms with Crippen LogP contribution in [0.5, 0.6) is 0 Å². The molecule has 188 valence electrons. The Labute approximate surface area is 216 Å². The van der Waals surface area contributed by atoms with E-state index in [1.54, 1.807) is 30.5 Å². The average Bonchev–Trinajstić information content (AvgIpc) is 2.89. The topological polar surface area (TPSA) is 84.1 Å². The number of hydrogen-bond acceptors (Lipinski definition) is 5. The summed E-state index contributed by atoms with van der Waals surface area (Å²) in [4.78, 5) is 24.3. The molecular formula is C30H30FN5O. The molecule has 1 amide bonds. The average molecular weight is 496 g/mol. The number of aryl methyl sites for hydroxylation is 1. The largest absolute Gasteiger partial charge is 0.327 e. The number of benzene rings is 2. The van der Waals surface area contributed by atoms with E-state index in [1.807, 2.05) is 37.4 Å². The first-order chi connectivity index (χ1) is 17.9. The normalized spacial score (nSPS) is 15.9. The molecule has 0 unspecified atom stereocenters. The van der Waals surface area contributed by atoms with Crippen LogP contribution in [0.2, 0.25) is 0 Å². The molecule has 2 aromatic heterocycles. The maximum Gasteiger partial charge on any atom is 0.274 e. The highest BCUT2D eigenvalue weighted by Crippen LogP contribution is 2.27. The first kappa shape index (κ1) is 24.7. The monoisotopic (exact) mass is 495 g/mol. The molecule has 4 aromatic rings. The molecule has 7 heteroatoms. The molecule has 1 aliphatic rings. The summed E-state index contributed by atoms with van der Waals surface area (Å²) >= 11 is 0. The summed E-state index contributed by atoms with van der Waals surface area (Å²) in [7, 11) is 0. The minimum Gasteiger partial charge on any atom is -0.327 e. The maximum absolute atomic E-state index is 13.3. The fraction of sp³-hybridized carbons (Fsp3) is 0.233. The van der Waals surface area contributed by atoms with Gasteiger partial charge in [-0.05, 0) is 97.1 Å². The highest BCUT2D eigenvalue weighted by molar-refractivity contribution is 6.03. The number of piperidine rings is 1. The molecule has 1 fully saturated rings. The summed E-state index contributed by atoms with van der Waals surface area (Å²) in [6, 6.07) is 20.0. The van der Waals surface area contributed by atoms with Crippen molar-refractivity contribution in [2.75, 3.05) is 18.4 Å². The number of nitrogens with one attached hydrogen (secondary N) is 1. The van der Waals surface area contributed by atoms with E-state index in [0.29, 0.717) is 5.69 Å². The summed E-state index contributed by atoms with van der Waals surface area (Å²) in [6.07, 6.45) is 5.58. The predicted molar refractivity (Wildman–Crippen MR) is 144 cm³/mol. The van der Waals surface area contributed by atoms with Gasteiger partial charge in [-0.15, -0.1) is 0 Å². The van der Waals surface area contributed by atoms with Gasteiger partial charge in [0.1, 0.15) is 11.5 Å². The first-order valence-electron chi connectivity index (χ1n) is 12.5. The number of carbonyl (C=O) groups excluding carboxylic acids is 1. The number of amides is 1. The number of halogens is 1. The van der Waals surface area contributed by atoms with Crippen LogP contribution in [-0.2, 0) is 6.54 Å². The van der Waals surface area contributed by atoms with Gasteiger partial charge in [-0.3, -0.25) is 19.7 Å². The maximum atomic E-state index is 13.3. The van der Waals surface area contributed by atoms with Gasteiger partial charge in [0, 0.05) is 48.5 Å². The molecule has 3 heterocycles. The summed E-state index contributed by atoms with van der Waals surface area (Å²) in [6.45, 7) is 4.57. The van der Waals surface area contributed by atoms with Crippen LogP contribution in [0, 0.1) is 12.7 Å². The van der Waals surface area contributed by atoms with Crippen molar-refractivity contribution < 1.29 is 9.18 Å². The lowest BCUT2D eigenvalue weighted by Gasteiger charge is -2.30. The van der Waals surface area contributed by atoms with Gasteiger partial charge in [0.05, 0.1) is 0 Å². The lowest BCUT2D eigenvalue weighted by Crippen LogP contribution is -2.42. The summed E-state index contributed by atoms with van der Waals surface area (Å²) in [5, 5.41) is 3.03. The second-order valence-electron chi connectivity index (χ2n) is 9.64. The summed E-state index contributed by atoms with van der Waals surface area (Å²) < 4.78 is 13.3. The second kappa shape index (κ2) is 11.0. The van der Waals surface area contributed by atoms with Crippen molar-refractivity contribution >= 4 is 11.6 Å². The van der Waals surface area contributed by atoms with Crippen LogP contribution in [0.3, 0.4) is 0 Å². The number of nitrogens with zero attached hydrogens (tertiary/aromatic N) is 3. The number of anilines is 1. The van der Waals surface area contributed by atoms with E-state index in [9.17, 15) is 9.18 Å². The van der Waals surface area contributed by atoms with Gasteiger partial charge < -0.3 is 11.1 Å². The predicted octanol–water partition coefficient (Wildman–Crippen LogP) is 5.43. The van der Waals surface area contributed by atoms with Crippen molar-refractivity contribution in [1.29, 1.82) is 0 Å². The van der Waals surface area contributed by atoms with Gasteiger partial charge in [-0.2, -0.15) is 0 Å². The van der Waals surface area contributed by atoms with Gasteiger partial charge >= 0.3 is 0 Å². The molecule has 3 N–H and O–H groups in total. The van der Waals surface area contributed by atoms with E-state index < -0.39 is 0 Å². The Bertz CT molecular complexity index is 1390. The van der Waals surface area contributed by atoms with Crippen LogP contribution in [0.25, 0.3) is 22.3 Å². The van der Waals surface area contributed by atoms with Crippen LogP contribution in [0.15, 0.2) is 79.1 Å². The Kier molecular flexibility index (Phi) is 7.35. The fourth-order valence-corrected chi connectivity index (χ4v) is 4.73. The van der Waals surface area contributed by atoms with Crippen LogP contribution in [0.4, 0.5) is 10.1 Å². The zero-order valence-corrected chi connectivity index (χ0v) is 20.8. The molecule has 0 spiro atoms. The molecule has 0 radical (unpaired) electrons. The van der Waals surface area contributed by atoms with Crippen molar-refractivity contribution in [3.05, 3.63) is 102 Å². The fourth-order valence-electron chi connectivity index (χ4n) is 4.73. The van der Waals surface area contributed by atoms with Crippen LogP contribution in [0.1, 0.15) is 34.6 Å². The van der Waals surface area contributed by atoms with Crippen LogP contribution in [-0.4, -0.2) is 39.9 Å². The van der Waals surface area contributed by atoms with E-state index in [-0.39, 0.29) is 23.5 Å². The third-order valence-electron chi connectivity index (χ3n) is 6.61. The van der Waals surface area contributed by atoms with Gasteiger partial charge in [0.2, 0.25) is 0 Å². The SMILES string of the molecule is Cc1ccc(-c2cc(CN3CCC[C@H](N)C3)cc(NC(=O)c3cc(-c4ccc(F)cc4)ccn3)c2)cn1. The first-order valence-corrected chi connectivity index (χ1v) is 12.5. The Morgan fingerprint density at radius 2 is 1.81 bits per heavy atom. The molecule has 5 rings (SSSR count). The molecule has 0 bridgehead atoms. The number of rotatable bonds is 6. The van der Waals surface area contributed by atoms with Crippen molar-refractivity contribution in [2.45, 2.75) is 32.4 Å². The molecule has 6 nitrogen and oxygen atoms in total. The van der Waals surface area contributed by atoms with Crippen LogP contribution < -0.4 is 11.1 Å². The van der Waals surface area contributed by atoms with Gasteiger partial charge in [0.15, 0.2) is 0 Å². The Morgan fingerprint density at radius 1 is 1.00 bits per heavy atom. The molecule has 2 aromatic carbocycles. The smallest absolute Gasteiger partial charge is 0.274 e. The van der Waals surface area contributed by atoms with E-state index in [0.717, 1.165) is 66.0 Å². The van der Waals surface area contributed by atoms with E-state index in [4.69, 9.17) is 5.73 Å². The van der Waals surface area contributed by atoms with E-state index in [2.05, 4.69) is 26.3 Å². The Hall–Kier alpha value is -3.94. The molecule has 0 aliphatic carbocycles. The summed E-state index contributed by atoms with van der Waals surface area (Å²) in [5.41, 5.74) is 12.8. The number of carbonyl (C=O) groups is 1. The van der Waals surface area contributed by atoms with Crippen LogP contribution >= 0.6 is 0 Å². The number of hydrogen-bond donors (Lipinski definition) is 2. The number of nitrogens with two attached hydrogens (primary N) is 1. The lowest BCUT2D eigenvalue weighted by atomic mass is 10.0. The Balaban J connectivity index is 1.42. The minimum atomic E-state index is -0.311. The van der Waals surface area contributed by atoms with Gasteiger partial charge in [-0.1, -0.05) is 18.2 Å². The van der Waals surface area contributed by atoms with Gasteiger partial charge in [-0.25, -0.2) is 4.39 Å². The standard InChI is InChI=1S/C30H30FN5O/c1-20-4-5-24(17-34-20)25-13-21(18-36-12-2-3-27(32)19-36)14-28(15-25)35-30(37)29-16-23(10-11-33-29)22-6-8-26(31)9-7-22/h4-11,13-17,27H,2-3,12,18-19,32H2,1H3,(H,35,37)/t27-/m0/s1.